The van der Waals surface area contributed by atoms with Gasteiger partial charge in [-0.25, -0.2) is 0 Å². The Labute approximate surface area is 123 Å². The van der Waals surface area contributed by atoms with E-state index in [2.05, 4.69) is 29.9 Å². The number of hydrogen-bond donors (Lipinski definition) is 1. The molecule has 1 amide bonds. The average Bonchev–Trinajstić information content (AvgIpc) is 3.09. The first-order valence-corrected chi connectivity index (χ1v) is 7.37. The second-order valence-electron chi connectivity index (χ2n) is 5.13. The van der Waals surface area contributed by atoms with Gasteiger partial charge in [-0.05, 0) is 35.4 Å². The molecule has 1 aromatic carbocycles. The highest BCUT2D eigenvalue weighted by atomic mass is 32.1. The van der Waals surface area contributed by atoms with E-state index in [1.54, 1.807) is 6.20 Å². The van der Waals surface area contributed by atoms with Crippen LogP contribution in [0.1, 0.15) is 12.0 Å². The maximum atomic E-state index is 12.0. The van der Waals surface area contributed by atoms with Crippen LogP contribution in [0.5, 0.6) is 0 Å². The van der Waals surface area contributed by atoms with E-state index < -0.39 is 0 Å². The van der Waals surface area contributed by atoms with Gasteiger partial charge in [0.15, 0.2) is 0 Å². The molecule has 0 N–H and O–H groups in total. The standard InChI is InChI=1S/C15H17N3OS/c19-15-8-13(11-20)10-18(15)14-4-2-12(3-5-14)9-17-7-1-6-16-17/h1-7,13,20H,8-11H2. The van der Waals surface area contributed by atoms with Gasteiger partial charge in [0, 0.05) is 31.0 Å². The lowest BCUT2D eigenvalue weighted by molar-refractivity contribution is -0.117. The van der Waals surface area contributed by atoms with Crippen LogP contribution in [0.25, 0.3) is 0 Å². The third-order valence-electron chi connectivity index (χ3n) is 3.62. The van der Waals surface area contributed by atoms with Crippen molar-refractivity contribution < 1.29 is 4.79 Å². The molecule has 3 rings (SSSR count). The van der Waals surface area contributed by atoms with Crippen LogP contribution in [-0.4, -0.2) is 28.0 Å². The summed E-state index contributed by atoms with van der Waals surface area (Å²) in [5.41, 5.74) is 2.15. The van der Waals surface area contributed by atoms with Crippen molar-refractivity contribution in [3.63, 3.8) is 0 Å². The number of thiol groups is 1. The van der Waals surface area contributed by atoms with Crippen molar-refractivity contribution in [1.29, 1.82) is 0 Å². The third kappa shape index (κ3) is 2.72. The zero-order valence-corrected chi connectivity index (χ0v) is 12.0. The second kappa shape index (κ2) is 5.71. The maximum absolute atomic E-state index is 12.0. The van der Waals surface area contributed by atoms with E-state index in [1.807, 2.05) is 34.0 Å². The predicted octanol–water partition coefficient (Wildman–Crippen LogP) is 2.21. The van der Waals surface area contributed by atoms with Gasteiger partial charge >= 0.3 is 0 Å². The molecule has 4 nitrogen and oxygen atoms in total. The molecule has 0 aliphatic carbocycles. The number of benzene rings is 1. The lowest BCUT2D eigenvalue weighted by Crippen LogP contribution is -2.24. The fourth-order valence-electron chi connectivity index (χ4n) is 2.52. The summed E-state index contributed by atoms with van der Waals surface area (Å²) in [6.45, 7) is 1.53. The van der Waals surface area contributed by atoms with Crippen LogP contribution in [0.15, 0.2) is 42.7 Å². The number of carbonyl (C=O) groups excluding carboxylic acids is 1. The van der Waals surface area contributed by atoms with Crippen molar-refractivity contribution in [2.24, 2.45) is 5.92 Å². The minimum atomic E-state index is 0.198. The van der Waals surface area contributed by atoms with Gasteiger partial charge in [-0.3, -0.25) is 9.48 Å². The van der Waals surface area contributed by atoms with Crippen molar-refractivity contribution in [1.82, 2.24) is 9.78 Å². The summed E-state index contributed by atoms with van der Waals surface area (Å²) >= 11 is 4.29. The number of rotatable bonds is 4. The van der Waals surface area contributed by atoms with Gasteiger partial charge in [0.1, 0.15) is 0 Å². The first-order valence-electron chi connectivity index (χ1n) is 6.74. The van der Waals surface area contributed by atoms with Crippen LogP contribution in [0.4, 0.5) is 5.69 Å². The Kier molecular flexibility index (Phi) is 3.78. The Morgan fingerprint density at radius 3 is 2.70 bits per heavy atom. The van der Waals surface area contributed by atoms with E-state index in [-0.39, 0.29) is 5.91 Å². The molecule has 2 heterocycles. The highest BCUT2D eigenvalue weighted by Crippen LogP contribution is 2.25. The summed E-state index contributed by atoms with van der Waals surface area (Å²) in [6, 6.07) is 10.0. The monoisotopic (exact) mass is 287 g/mol. The van der Waals surface area contributed by atoms with Crippen molar-refractivity contribution in [3.05, 3.63) is 48.3 Å². The fraction of sp³-hybridized carbons (Fsp3) is 0.333. The lowest BCUT2D eigenvalue weighted by Gasteiger charge is -2.17. The highest BCUT2D eigenvalue weighted by Gasteiger charge is 2.29. The van der Waals surface area contributed by atoms with Crippen LogP contribution >= 0.6 is 12.6 Å². The summed E-state index contributed by atoms with van der Waals surface area (Å²) in [5.74, 6) is 1.33. The minimum absolute atomic E-state index is 0.198. The molecule has 1 aliphatic rings. The van der Waals surface area contributed by atoms with Gasteiger partial charge in [0.05, 0.1) is 6.54 Å². The summed E-state index contributed by atoms with van der Waals surface area (Å²) < 4.78 is 1.88. The number of anilines is 1. The number of aromatic nitrogens is 2. The van der Waals surface area contributed by atoms with Crippen LogP contribution < -0.4 is 4.90 Å². The molecule has 0 radical (unpaired) electrons. The molecule has 5 heteroatoms. The Morgan fingerprint density at radius 2 is 2.10 bits per heavy atom. The van der Waals surface area contributed by atoms with E-state index in [1.165, 1.54) is 5.56 Å². The Balaban J connectivity index is 1.71. The Bertz CT molecular complexity index is 580. The van der Waals surface area contributed by atoms with Gasteiger partial charge < -0.3 is 4.90 Å². The molecule has 2 aromatic rings. The maximum Gasteiger partial charge on any atom is 0.227 e. The highest BCUT2D eigenvalue weighted by molar-refractivity contribution is 7.80. The smallest absolute Gasteiger partial charge is 0.227 e. The Hall–Kier alpha value is -1.75. The topological polar surface area (TPSA) is 38.1 Å². The molecule has 104 valence electrons. The quantitative estimate of drug-likeness (QED) is 0.876. The van der Waals surface area contributed by atoms with Crippen molar-refractivity contribution in [3.8, 4) is 0 Å². The molecular formula is C15H17N3OS. The van der Waals surface area contributed by atoms with Crippen LogP contribution in [0.2, 0.25) is 0 Å². The van der Waals surface area contributed by atoms with E-state index in [0.717, 1.165) is 24.5 Å². The van der Waals surface area contributed by atoms with Gasteiger partial charge in [-0.1, -0.05) is 12.1 Å². The van der Waals surface area contributed by atoms with E-state index >= 15 is 0 Å². The van der Waals surface area contributed by atoms with Crippen LogP contribution in [0.3, 0.4) is 0 Å². The normalized spacial score (nSPS) is 18.8. The predicted molar refractivity (Wildman–Crippen MR) is 82.1 cm³/mol. The second-order valence-corrected chi connectivity index (χ2v) is 5.49. The molecule has 0 saturated carbocycles. The summed E-state index contributed by atoms with van der Waals surface area (Å²) in [5, 5.41) is 4.19. The van der Waals surface area contributed by atoms with Crippen molar-refractivity contribution >= 4 is 24.2 Å². The zero-order valence-electron chi connectivity index (χ0n) is 11.1. The summed E-state index contributed by atoms with van der Waals surface area (Å²) in [7, 11) is 0. The SMILES string of the molecule is O=C1CC(CS)CN1c1ccc(Cn2cccn2)cc1. The van der Waals surface area contributed by atoms with E-state index in [4.69, 9.17) is 0 Å². The fourth-order valence-corrected chi connectivity index (χ4v) is 2.76. The molecule has 1 aliphatic heterocycles. The van der Waals surface area contributed by atoms with Gasteiger partial charge in [-0.2, -0.15) is 17.7 Å². The molecular weight excluding hydrogens is 270 g/mol. The van der Waals surface area contributed by atoms with Crippen molar-refractivity contribution in [2.45, 2.75) is 13.0 Å². The number of hydrogen-bond acceptors (Lipinski definition) is 3. The summed E-state index contributed by atoms with van der Waals surface area (Å²) in [6.07, 6.45) is 4.32. The van der Waals surface area contributed by atoms with E-state index in [0.29, 0.717) is 12.3 Å². The summed E-state index contributed by atoms with van der Waals surface area (Å²) in [4.78, 5) is 13.8. The zero-order chi connectivity index (χ0) is 13.9. The molecule has 0 spiro atoms. The number of nitrogens with zero attached hydrogens (tertiary/aromatic N) is 3. The molecule has 20 heavy (non-hydrogen) atoms. The molecule has 1 fully saturated rings. The van der Waals surface area contributed by atoms with Gasteiger partial charge in [-0.15, -0.1) is 0 Å². The van der Waals surface area contributed by atoms with Gasteiger partial charge in [0.2, 0.25) is 5.91 Å². The van der Waals surface area contributed by atoms with Crippen LogP contribution in [0, 0.1) is 5.92 Å². The first-order chi connectivity index (χ1) is 9.76. The molecule has 1 unspecified atom stereocenters. The third-order valence-corrected chi connectivity index (χ3v) is 4.13. The largest absolute Gasteiger partial charge is 0.312 e. The van der Waals surface area contributed by atoms with Gasteiger partial charge in [0.25, 0.3) is 0 Å². The number of carbonyl (C=O) groups is 1. The molecule has 1 aromatic heterocycles. The Morgan fingerprint density at radius 1 is 1.30 bits per heavy atom. The average molecular weight is 287 g/mol. The van der Waals surface area contributed by atoms with Crippen molar-refractivity contribution in [2.75, 3.05) is 17.2 Å². The van der Waals surface area contributed by atoms with Crippen LogP contribution in [-0.2, 0) is 11.3 Å². The molecule has 0 bridgehead atoms. The molecule has 1 saturated heterocycles. The first kappa shape index (κ1) is 13.2. The minimum Gasteiger partial charge on any atom is -0.312 e. The number of amides is 1. The van der Waals surface area contributed by atoms with E-state index in [9.17, 15) is 4.79 Å². The molecule has 1 atom stereocenters. The lowest BCUT2D eigenvalue weighted by atomic mass is 10.1.